The second-order valence-corrected chi connectivity index (χ2v) is 5.80. The predicted molar refractivity (Wildman–Crippen MR) is 70.7 cm³/mol. The molecule has 0 bridgehead atoms. The van der Waals surface area contributed by atoms with Crippen molar-refractivity contribution in [3.63, 3.8) is 0 Å². The van der Waals surface area contributed by atoms with E-state index in [0.29, 0.717) is 11.3 Å². The number of hydrogen-bond acceptors (Lipinski definition) is 2. The van der Waals surface area contributed by atoms with Gasteiger partial charge in [-0.2, -0.15) is 0 Å². The third-order valence-electron chi connectivity index (χ3n) is 4.26. The molecule has 0 heterocycles. The maximum atomic E-state index is 13.5. The van der Waals surface area contributed by atoms with Gasteiger partial charge in [-0.1, -0.05) is 19.9 Å². The maximum Gasteiger partial charge on any atom is 0.131 e. The first-order valence-electron chi connectivity index (χ1n) is 6.79. The fourth-order valence-corrected chi connectivity index (χ4v) is 2.51. The van der Waals surface area contributed by atoms with E-state index in [1.54, 1.807) is 0 Å². The third-order valence-corrected chi connectivity index (χ3v) is 4.26. The summed E-state index contributed by atoms with van der Waals surface area (Å²) in [6.07, 6.45) is 1.22. The number of benzene rings is 1. The van der Waals surface area contributed by atoms with Gasteiger partial charge < -0.3 is 10.4 Å². The summed E-state index contributed by atoms with van der Waals surface area (Å²) in [5.41, 5.74) is 0.0671. The van der Waals surface area contributed by atoms with Crippen molar-refractivity contribution in [1.29, 1.82) is 0 Å². The van der Waals surface area contributed by atoms with E-state index < -0.39 is 17.7 Å². The summed E-state index contributed by atoms with van der Waals surface area (Å²) in [7, 11) is 0. The molecule has 0 saturated heterocycles. The number of nitrogens with one attached hydrogen (secondary N) is 1. The molecule has 2 N–H and O–H groups in total. The lowest BCUT2D eigenvalue weighted by Gasteiger charge is -2.21. The number of halogens is 2. The molecule has 2 rings (SSSR count). The van der Waals surface area contributed by atoms with Gasteiger partial charge in [0, 0.05) is 13.1 Å². The molecule has 0 aliphatic heterocycles. The molecule has 1 aliphatic rings. The fourth-order valence-electron chi connectivity index (χ4n) is 2.51. The van der Waals surface area contributed by atoms with Gasteiger partial charge in [-0.15, -0.1) is 0 Å². The summed E-state index contributed by atoms with van der Waals surface area (Å²) in [6, 6.07) is 3.63. The maximum absolute atomic E-state index is 13.5. The van der Waals surface area contributed by atoms with Crippen molar-refractivity contribution in [3.05, 3.63) is 35.4 Å². The Kier molecular flexibility index (Phi) is 4.21. The standard InChI is InChI=1S/C15H21F2NO/c1-10(2)15(6-7-15)9-18-8-13(19)14-11(16)4-3-5-12(14)17/h3-5,10,13,18-19H,6-9H2,1-2H3. The molecular weight excluding hydrogens is 248 g/mol. The molecule has 1 aromatic rings. The highest BCUT2D eigenvalue weighted by molar-refractivity contribution is 5.22. The number of aliphatic hydroxyl groups is 1. The molecule has 0 aromatic heterocycles. The highest BCUT2D eigenvalue weighted by Gasteiger charge is 2.44. The van der Waals surface area contributed by atoms with Gasteiger partial charge in [-0.05, 0) is 36.3 Å². The number of rotatable bonds is 6. The van der Waals surface area contributed by atoms with Gasteiger partial charge in [-0.3, -0.25) is 0 Å². The van der Waals surface area contributed by atoms with Gasteiger partial charge in [0.25, 0.3) is 0 Å². The van der Waals surface area contributed by atoms with Gasteiger partial charge in [0.1, 0.15) is 11.6 Å². The van der Waals surface area contributed by atoms with Gasteiger partial charge >= 0.3 is 0 Å². The van der Waals surface area contributed by atoms with Crippen molar-refractivity contribution >= 4 is 0 Å². The molecule has 1 unspecified atom stereocenters. The number of hydrogen-bond donors (Lipinski definition) is 2. The first kappa shape index (κ1) is 14.4. The van der Waals surface area contributed by atoms with Crippen LogP contribution in [0, 0.1) is 23.0 Å². The summed E-state index contributed by atoms with van der Waals surface area (Å²) in [5, 5.41) is 13.0. The van der Waals surface area contributed by atoms with Crippen LogP contribution >= 0.6 is 0 Å². The van der Waals surface area contributed by atoms with E-state index in [0.717, 1.165) is 18.7 Å². The van der Waals surface area contributed by atoms with Crippen LogP contribution in [0.25, 0.3) is 0 Å². The summed E-state index contributed by atoms with van der Waals surface area (Å²) >= 11 is 0. The molecule has 19 heavy (non-hydrogen) atoms. The molecule has 1 aromatic carbocycles. The van der Waals surface area contributed by atoms with E-state index in [1.807, 2.05) is 0 Å². The Balaban J connectivity index is 1.90. The third kappa shape index (κ3) is 3.12. The Morgan fingerprint density at radius 2 is 1.84 bits per heavy atom. The lowest BCUT2D eigenvalue weighted by molar-refractivity contribution is 0.160. The summed E-state index contributed by atoms with van der Waals surface area (Å²) < 4.78 is 26.9. The minimum atomic E-state index is -1.15. The van der Waals surface area contributed by atoms with Crippen LogP contribution in [0.4, 0.5) is 8.78 Å². The quantitative estimate of drug-likeness (QED) is 0.832. The second-order valence-electron chi connectivity index (χ2n) is 5.80. The molecule has 1 fully saturated rings. The Labute approximate surface area is 112 Å². The lowest BCUT2D eigenvalue weighted by atomic mass is 9.92. The molecule has 4 heteroatoms. The highest BCUT2D eigenvalue weighted by atomic mass is 19.1. The molecule has 1 aliphatic carbocycles. The van der Waals surface area contributed by atoms with Crippen molar-refractivity contribution in [2.45, 2.75) is 32.8 Å². The fraction of sp³-hybridized carbons (Fsp3) is 0.600. The molecule has 106 valence electrons. The molecule has 2 nitrogen and oxygen atoms in total. The molecule has 0 radical (unpaired) electrons. The van der Waals surface area contributed by atoms with Crippen LogP contribution in [0.5, 0.6) is 0 Å². The van der Waals surface area contributed by atoms with Gasteiger partial charge in [0.05, 0.1) is 11.7 Å². The number of aliphatic hydroxyl groups excluding tert-OH is 1. The molecule has 0 spiro atoms. The first-order valence-corrected chi connectivity index (χ1v) is 6.79. The van der Waals surface area contributed by atoms with E-state index in [-0.39, 0.29) is 12.1 Å². The zero-order chi connectivity index (χ0) is 14.0. The zero-order valence-electron chi connectivity index (χ0n) is 11.4. The van der Waals surface area contributed by atoms with Crippen molar-refractivity contribution in [3.8, 4) is 0 Å². The van der Waals surface area contributed by atoms with Gasteiger partial charge in [-0.25, -0.2) is 8.78 Å². The van der Waals surface area contributed by atoms with Crippen LogP contribution in [-0.2, 0) is 0 Å². The molecule has 0 amide bonds. The van der Waals surface area contributed by atoms with E-state index in [2.05, 4.69) is 19.2 Å². The van der Waals surface area contributed by atoms with Crippen LogP contribution in [0.2, 0.25) is 0 Å². The van der Waals surface area contributed by atoms with Crippen LogP contribution in [0.15, 0.2) is 18.2 Å². The van der Waals surface area contributed by atoms with E-state index in [9.17, 15) is 13.9 Å². The normalized spacial score (nSPS) is 18.6. The highest BCUT2D eigenvalue weighted by Crippen LogP contribution is 2.51. The smallest absolute Gasteiger partial charge is 0.131 e. The van der Waals surface area contributed by atoms with Crippen LogP contribution in [0.3, 0.4) is 0 Å². The Hall–Kier alpha value is -1.00. The summed E-state index contributed by atoms with van der Waals surface area (Å²) in [5.74, 6) is -0.805. The van der Waals surface area contributed by atoms with E-state index >= 15 is 0 Å². The average Bonchev–Trinajstić information content (AvgIpc) is 3.10. The molecule has 1 atom stereocenters. The topological polar surface area (TPSA) is 32.3 Å². The largest absolute Gasteiger partial charge is 0.387 e. The van der Waals surface area contributed by atoms with Crippen LogP contribution < -0.4 is 5.32 Å². The first-order chi connectivity index (χ1) is 8.96. The monoisotopic (exact) mass is 269 g/mol. The Morgan fingerprint density at radius 3 is 2.32 bits per heavy atom. The minimum Gasteiger partial charge on any atom is -0.387 e. The van der Waals surface area contributed by atoms with Crippen molar-refractivity contribution in [2.24, 2.45) is 11.3 Å². The van der Waals surface area contributed by atoms with Crippen LogP contribution in [0.1, 0.15) is 38.4 Å². The Bertz CT molecular complexity index is 424. The van der Waals surface area contributed by atoms with E-state index in [4.69, 9.17) is 0 Å². The average molecular weight is 269 g/mol. The predicted octanol–water partition coefficient (Wildman–Crippen LogP) is 3.02. The van der Waals surface area contributed by atoms with Crippen molar-refractivity contribution in [2.75, 3.05) is 13.1 Å². The minimum absolute atomic E-state index is 0.173. The van der Waals surface area contributed by atoms with Gasteiger partial charge in [0.15, 0.2) is 0 Å². The molecular formula is C15H21F2NO. The summed E-state index contributed by atoms with van der Waals surface area (Å²) in [6.45, 7) is 5.33. The van der Waals surface area contributed by atoms with Crippen LogP contribution in [-0.4, -0.2) is 18.2 Å². The Morgan fingerprint density at radius 1 is 1.26 bits per heavy atom. The molecule has 1 saturated carbocycles. The lowest BCUT2D eigenvalue weighted by Crippen LogP contribution is -2.31. The van der Waals surface area contributed by atoms with Gasteiger partial charge in [0.2, 0.25) is 0 Å². The second kappa shape index (κ2) is 5.55. The van der Waals surface area contributed by atoms with E-state index in [1.165, 1.54) is 18.9 Å². The SMILES string of the molecule is CC(C)C1(CNCC(O)c2c(F)cccc2F)CC1. The van der Waals surface area contributed by atoms with Crippen molar-refractivity contribution in [1.82, 2.24) is 5.32 Å². The van der Waals surface area contributed by atoms with Crippen molar-refractivity contribution < 1.29 is 13.9 Å². The zero-order valence-corrected chi connectivity index (χ0v) is 11.4. The summed E-state index contributed by atoms with van der Waals surface area (Å²) in [4.78, 5) is 0.